The van der Waals surface area contributed by atoms with Crippen LogP contribution < -0.4 is 0 Å². The molecule has 0 atom stereocenters. The Labute approximate surface area is 99.9 Å². The molecule has 4 heteroatoms. The molecule has 86 valence electrons. The minimum atomic E-state index is -0.0399. The lowest BCUT2D eigenvalue weighted by Crippen LogP contribution is -2.26. The number of carbonyl (C=O) groups excluding carboxylic acids is 1. The molecule has 2 heterocycles. The van der Waals surface area contributed by atoms with Crippen LogP contribution in [0, 0.1) is 0 Å². The van der Waals surface area contributed by atoms with Gasteiger partial charge in [0.2, 0.25) is 0 Å². The number of amides is 1. The number of aromatic nitrogens is 2. The van der Waals surface area contributed by atoms with Crippen LogP contribution in [0.2, 0.25) is 0 Å². The van der Waals surface area contributed by atoms with E-state index in [0.717, 1.165) is 5.56 Å². The molecule has 0 aliphatic rings. The molecule has 0 aliphatic carbocycles. The molecule has 4 nitrogen and oxygen atoms in total. The summed E-state index contributed by atoms with van der Waals surface area (Å²) in [5, 5.41) is 0. The van der Waals surface area contributed by atoms with Crippen molar-refractivity contribution in [3.63, 3.8) is 0 Å². The Hall–Kier alpha value is -2.23. The van der Waals surface area contributed by atoms with Crippen LogP contribution in [-0.2, 0) is 6.54 Å². The molecule has 0 unspecified atom stereocenters. The van der Waals surface area contributed by atoms with Crippen molar-refractivity contribution in [2.75, 3.05) is 7.05 Å². The second-order valence-electron chi connectivity index (χ2n) is 3.76. The largest absolute Gasteiger partial charge is 0.337 e. The van der Waals surface area contributed by atoms with Gasteiger partial charge in [-0.3, -0.25) is 14.8 Å². The van der Waals surface area contributed by atoms with Gasteiger partial charge in [0, 0.05) is 38.4 Å². The van der Waals surface area contributed by atoms with Gasteiger partial charge in [0.1, 0.15) is 0 Å². The van der Waals surface area contributed by atoms with Gasteiger partial charge in [-0.25, -0.2) is 0 Å². The van der Waals surface area contributed by atoms with E-state index in [9.17, 15) is 4.79 Å². The third-order valence-corrected chi connectivity index (χ3v) is 2.40. The predicted octanol–water partition coefficient (Wildman–Crippen LogP) is 1.75. The molecule has 0 fully saturated rings. The summed E-state index contributed by atoms with van der Waals surface area (Å²) in [4.78, 5) is 21.6. The van der Waals surface area contributed by atoms with E-state index in [2.05, 4.69) is 9.97 Å². The lowest BCUT2D eigenvalue weighted by Gasteiger charge is -2.16. The molecule has 0 saturated carbocycles. The normalized spacial score (nSPS) is 9.94. The molecule has 0 spiro atoms. The summed E-state index contributed by atoms with van der Waals surface area (Å²) in [5.41, 5.74) is 1.60. The van der Waals surface area contributed by atoms with E-state index in [-0.39, 0.29) is 5.91 Å². The zero-order valence-corrected chi connectivity index (χ0v) is 9.58. The lowest BCUT2D eigenvalue weighted by atomic mass is 10.2. The van der Waals surface area contributed by atoms with E-state index < -0.39 is 0 Å². The molecule has 0 aromatic carbocycles. The van der Waals surface area contributed by atoms with Crippen molar-refractivity contribution < 1.29 is 4.79 Å². The molecule has 0 saturated heterocycles. The standard InChI is InChI=1S/C13H13N3O/c1-16(10-11-4-2-6-14-8-11)13(17)12-5-3-7-15-9-12/h2-9H,10H2,1H3. The summed E-state index contributed by atoms with van der Waals surface area (Å²) >= 11 is 0. The molecule has 2 aromatic rings. The monoisotopic (exact) mass is 227 g/mol. The summed E-state index contributed by atoms with van der Waals surface area (Å²) in [7, 11) is 1.77. The van der Waals surface area contributed by atoms with Crippen LogP contribution in [-0.4, -0.2) is 27.8 Å². The highest BCUT2D eigenvalue weighted by Gasteiger charge is 2.11. The van der Waals surface area contributed by atoms with Crippen molar-refractivity contribution in [2.24, 2.45) is 0 Å². The van der Waals surface area contributed by atoms with Gasteiger partial charge in [-0.15, -0.1) is 0 Å². The summed E-state index contributed by atoms with van der Waals surface area (Å²) in [6.45, 7) is 0.543. The molecule has 2 rings (SSSR count). The topological polar surface area (TPSA) is 46.1 Å². The van der Waals surface area contributed by atoms with Crippen molar-refractivity contribution in [1.82, 2.24) is 14.9 Å². The van der Waals surface area contributed by atoms with E-state index in [4.69, 9.17) is 0 Å². The second kappa shape index (κ2) is 5.21. The summed E-state index contributed by atoms with van der Waals surface area (Å²) in [6, 6.07) is 7.32. The van der Waals surface area contributed by atoms with Crippen molar-refractivity contribution in [3.8, 4) is 0 Å². The van der Waals surface area contributed by atoms with Crippen molar-refractivity contribution in [1.29, 1.82) is 0 Å². The third kappa shape index (κ3) is 2.87. The Bertz CT molecular complexity index is 485. The minimum absolute atomic E-state index is 0.0399. The van der Waals surface area contributed by atoms with E-state index in [1.807, 2.05) is 12.1 Å². The van der Waals surface area contributed by atoms with Gasteiger partial charge in [0.15, 0.2) is 0 Å². The molecule has 1 amide bonds. The van der Waals surface area contributed by atoms with Gasteiger partial charge in [0.25, 0.3) is 5.91 Å². The van der Waals surface area contributed by atoms with Crippen LogP contribution in [0.1, 0.15) is 15.9 Å². The molecular formula is C13H13N3O. The summed E-state index contributed by atoms with van der Waals surface area (Å²) < 4.78 is 0. The van der Waals surface area contributed by atoms with Gasteiger partial charge in [-0.1, -0.05) is 6.07 Å². The Balaban J connectivity index is 2.06. The SMILES string of the molecule is CN(Cc1cccnc1)C(=O)c1cccnc1. The smallest absolute Gasteiger partial charge is 0.255 e. The molecule has 2 aromatic heterocycles. The first-order chi connectivity index (χ1) is 8.27. The maximum Gasteiger partial charge on any atom is 0.255 e. The fourth-order valence-electron chi connectivity index (χ4n) is 1.55. The fourth-order valence-corrected chi connectivity index (χ4v) is 1.55. The van der Waals surface area contributed by atoms with Crippen molar-refractivity contribution in [2.45, 2.75) is 6.54 Å². The Morgan fingerprint density at radius 1 is 1.18 bits per heavy atom. The Morgan fingerprint density at radius 2 is 1.88 bits per heavy atom. The first kappa shape index (κ1) is 11.3. The molecule has 17 heavy (non-hydrogen) atoms. The van der Waals surface area contributed by atoms with Crippen LogP contribution in [0.15, 0.2) is 49.1 Å². The van der Waals surface area contributed by atoms with Gasteiger partial charge >= 0.3 is 0 Å². The van der Waals surface area contributed by atoms with Crippen LogP contribution in [0.25, 0.3) is 0 Å². The first-order valence-corrected chi connectivity index (χ1v) is 5.32. The molecule has 0 N–H and O–H groups in total. The maximum absolute atomic E-state index is 12.0. The molecule has 0 bridgehead atoms. The number of rotatable bonds is 3. The first-order valence-electron chi connectivity index (χ1n) is 5.32. The van der Waals surface area contributed by atoms with E-state index in [1.165, 1.54) is 0 Å². The summed E-state index contributed by atoms with van der Waals surface area (Å²) in [5.74, 6) is -0.0399. The zero-order chi connectivity index (χ0) is 12.1. The fraction of sp³-hybridized carbons (Fsp3) is 0.154. The van der Waals surface area contributed by atoms with Crippen molar-refractivity contribution >= 4 is 5.91 Å². The van der Waals surface area contributed by atoms with Gasteiger partial charge in [-0.2, -0.15) is 0 Å². The minimum Gasteiger partial charge on any atom is -0.337 e. The lowest BCUT2D eigenvalue weighted by molar-refractivity contribution is 0.0784. The Kier molecular flexibility index (Phi) is 3.45. The molecular weight excluding hydrogens is 214 g/mol. The van der Waals surface area contributed by atoms with Gasteiger partial charge in [-0.05, 0) is 23.8 Å². The number of nitrogens with zero attached hydrogens (tertiary/aromatic N) is 3. The highest BCUT2D eigenvalue weighted by atomic mass is 16.2. The molecule has 0 radical (unpaired) electrons. The second-order valence-corrected chi connectivity index (χ2v) is 3.76. The summed E-state index contributed by atoms with van der Waals surface area (Å²) in [6.07, 6.45) is 6.69. The number of hydrogen-bond acceptors (Lipinski definition) is 3. The van der Waals surface area contributed by atoms with Gasteiger partial charge < -0.3 is 4.90 Å². The number of pyridine rings is 2. The molecule has 0 aliphatic heterocycles. The quantitative estimate of drug-likeness (QED) is 0.802. The number of carbonyl (C=O) groups is 1. The Morgan fingerprint density at radius 3 is 2.47 bits per heavy atom. The van der Waals surface area contributed by atoms with E-state index in [0.29, 0.717) is 12.1 Å². The predicted molar refractivity (Wildman–Crippen MR) is 64.3 cm³/mol. The number of hydrogen-bond donors (Lipinski definition) is 0. The highest BCUT2D eigenvalue weighted by molar-refractivity contribution is 5.93. The average Bonchev–Trinajstić information content (AvgIpc) is 2.40. The van der Waals surface area contributed by atoms with E-state index >= 15 is 0 Å². The van der Waals surface area contributed by atoms with E-state index in [1.54, 1.807) is 48.9 Å². The van der Waals surface area contributed by atoms with Crippen LogP contribution in [0.5, 0.6) is 0 Å². The average molecular weight is 227 g/mol. The van der Waals surface area contributed by atoms with Crippen molar-refractivity contribution in [3.05, 3.63) is 60.2 Å². The van der Waals surface area contributed by atoms with Crippen LogP contribution in [0.3, 0.4) is 0 Å². The van der Waals surface area contributed by atoms with Gasteiger partial charge in [0.05, 0.1) is 5.56 Å². The maximum atomic E-state index is 12.0. The van der Waals surface area contributed by atoms with Crippen LogP contribution in [0.4, 0.5) is 0 Å². The zero-order valence-electron chi connectivity index (χ0n) is 9.58. The highest BCUT2D eigenvalue weighted by Crippen LogP contribution is 2.06. The third-order valence-electron chi connectivity index (χ3n) is 2.40. The van der Waals surface area contributed by atoms with Crippen LogP contribution >= 0.6 is 0 Å².